The molecule has 4 fully saturated rings. The second-order valence-corrected chi connectivity index (χ2v) is 9.14. The fourth-order valence-corrected chi connectivity index (χ4v) is 6.03. The normalized spacial score (nSPS) is 31.0. The first-order valence-corrected chi connectivity index (χ1v) is 10.3. The minimum atomic E-state index is -0.185. The smallest absolute Gasteiger partial charge is 0.243 e. The Hall–Kier alpha value is -1.88. The second-order valence-electron chi connectivity index (χ2n) is 9.14. The number of para-hydroxylation sites is 1. The van der Waals surface area contributed by atoms with Crippen molar-refractivity contribution < 1.29 is 9.59 Å². The van der Waals surface area contributed by atoms with Crippen molar-refractivity contribution in [3.8, 4) is 0 Å². The van der Waals surface area contributed by atoms with Crippen molar-refractivity contribution >= 4 is 17.5 Å². The highest BCUT2D eigenvalue weighted by molar-refractivity contribution is 5.95. The van der Waals surface area contributed by atoms with Crippen molar-refractivity contribution in [2.24, 2.45) is 17.8 Å². The SMILES string of the molecule is Cc1cccc(C)c1NC(=O)CNC(=O)CNC12CC3CC(CC(C3)C1)C2. The van der Waals surface area contributed by atoms with Crippen molar-refractivity contribution in [2.75, 3.05) is 18.4 Å². The van der Waals surface area contributed by atoms with Crippen molar-refractivity contribution in [1.29, 1.82) is 0 Å². The van der Waals surface area contributed by atoms with Gasteiger partial charge in [0.25, 0.3) is 0 Å². The molecule has 1 aromatic rings. The lowest BCUT2D eigenvalue weighted by molar-refractivity contribution is -0.124. The van der Waals surface area contributed by atoms with Gasteiger partial charge in [-0.25, -0.2) is 0 Å². The van der Waals surface area contributed by atoms with Crippen molar-refractivity contribution in [2.45, 2.75) is 57.9 Å². The topological polar surface area (TPSA) is 70.2 Å². The van der Waals surface area contributed by atoms with Gasteiger partial charge in [0.15, 0.2) is 0 Å². The third-order valence-corrected chi connectivity index (χ3v) is 6.85. The summed E-state index contributed by atoms with van der Waals surface area (Å²) in [5.74, 6) is 2.29. The summed E-state index contributed by atoms with van der Waals surface area (Å²) < 4.78 is 0. The molecular formula is C22H31N3O2. The van der Waals surface area contributed by atoms with Crippen LogP contribution < -0.4 is 16.0 Å². The summed E-state index contributed by atoms with van der Waals surface area (Å²) >= 11 is 0. The first-order chi connectivity index (χ1) is 12.9. The van der Waals surface area contributed by atoms with Crippen LogP contribution in [0.2, 0.25) is 0 Å². The maximum Gasteiger partial charge on any atom is 0.243 e. The van der Waals surface area contributed by atoms with E-state index >= 15 is 0 Å². The lowest BCUT2D eigenvalue weighted by atomic mass is 9.53. The van der Waals surface area contributed by atoms with Crippen LogP contribution in [0.4, 0.5) is 5.69 Å². The van der Waals surface area contributed by atoms with Crippen LogP contribution in [0, 0.1) is 31.6 Å². The van der Waals surface area contributed by atoms with E-state index in [9.17, 15) is 9.59 Å². The number of benzene rings is 1. The molecule has 0 spiro atoms. The Morgan fingerprint density at radius 3 is 2.04 bits per heavy atom. The molecule has 5 rings (SSSR count). The quantitative estimate of drug-likeness (QED) is 0.722. The molecule has 27 heavy (non-hydrogen) atoms. The summed E-state index contributed by atoms with van der Waals surface area (Å²) in [5.41, 5.74) is 3.06. The molecule has 1 aromatic carbocycles. The zero-order valence-electron chi connectivity index (χ0n) is 16.4. The van der Waals surface area contributed by atoms with E-state index in [1.807, 2.05) is 32.0 Å². The Morgan fingerprint density at radius 2 is 1.48 bits per heavy atom. The van der Waals surface area contributed by atoms with E-state index in [0.29, 0.717) is 6.54 Å². The van der Waals surface area contributed by atoms with Crippen LogP contribution >= 0.6 is 0 Å². The number of carbonyl (C=O) groups is 2. The Morgan fingerprint density at radius 1 is 0.926 bits per heavy atom. The number of amides is 2. The molecule has 0 atom stereocenters. The average molecular weight is 370 g/mol. The van der Waals surface area contributed by atoms with Gasteiger partial charge < -0.3 is 16.0 Å². The van der Waals surface area contributed by atoms with Gasteiger partial charge >= 0.3 is 0 Å². The van der Waals surface area contributed by atoms with Gasteiger partial charge in [0.2, 0.25) is 11.8 Å². The van der Waals surface area contributed by atoms with Crippen LogP contribution in [0.15, 0.2) is 18.2 Å². The van der Waals surface area contributed by atoms with Crippen molar-refractivity contribution in [3.63, 3.8) is 0 Å². The number of anilines is 1. The highest BCUT2D eigenvalue weighted by Gasteiger charge is 2.50. The largest absolute Gasteiger partial charge is 0.346 e. The molecule has 0 saturated heterocycles. The molecular weight excluding hydrogens is 338 g/mol. The van der Waals surface area contributed by atoms with E-state index in [1.165, 1.54) is 38.5 Å². The zero-order chi connectivity index (χ0) is 19.0. The predicted octanol–water partition coefficient (Wildman–Crippen LogP) is 2.92. The molecule has 0 heterocycles. The van der Waals surface area contributed by atoms with Crippen molar-refractivity contribution in [3.05, 3.63) is 29.3 Å². The van der Waals surface area contributed by atoms with Gasteiger partial charge in [0, 0.05) is 11.2 Å². The fourth-order valence-electron chi connectivity index (χ4n) is 6.03. The monoisotopic (exact) mass is 369 g/mol. The number of hydrogen-bond acceptors (Lipinski definition) is 3. The summed E-state index contributed by atoms with van der Waals surface area (Å²) in [6.07, 6.45) is 7.85. The minimum absolute atomic E-state index is 0.00909. The van der Waals surface area contributed by atoms with Gasteiger partial charge in [-0.3, -0.25) is 9.59 Å². The number of carbonyl (C=O) groups excluding carboxylic acids is 2. The van der Waals surface area contributed by atoms with E-state index in [4.69, 9.17) is 0 Å². The standard InChI is InChI=1S/C22H31N3O2/c1-14-4-3-5-15(2)21(14)25-20(27)12-23-19(26)13-24-22-9-16-6-17(10-22)8-18(7-16)11-22/h3-5,16-18,24H,6-13H2,1-2H3,(H,23,26)(H,25,27). The lowest BCUT2D eigenvalue weighted by Crippen LogP contribution is -2.60. The summed E-state index contributed by atoms with van der Waals surface area (Å²) in [5, 5.41) is 9.25. The molecule has 3 N–H and O–H groups in total. The number of rotatable bonds is 6. The van der Waals surface area contributed by atoms with Crippen LogP contribution in [0.1, 0.15) is 49.7 Å². The van der Waals surface area contributed by atoms with E-state index in [0.717, 1.165) is 34.6 Å². The van der Waals surface area contributed by atoms with Gasteiger partial charge in [0.1, 0.15) is 0 Å². The van der Waals surface area contributed by atoms with E-state index in [-0.39, 0.29) is 23.9 Å². The Bertz CT molecular complexity index is 688. The number of nitrogens with one attached hydrogen (secondary N) is 3. The molecule has 4 bridgehead atoms. The van der Waals surface area contributed by atoms with Crippen LogP contribution in [-0.2, 0) is 9.59 Å². The minimum Gasteiger partial charge on any atom is -0.346 e. The molecule has 0 radical (unpaired) electrons. The third kappa shape index (κ3) is 4.03. The maximum atomic E-state index is 12.3. The summed E-state index contributed by atoms with van der Waals surface area (Å²) in [6, 6.07) is 5.91. The second kappa shape index (κ2) is 7.27. The Kier molecular flexibility index (Phi) is 4.97. The molecule has 0 aliphatic heterocycles. The molecule has 0 unspecified atom stereocenters. The molecule has 4 aliphatic carbocycles. The van der Waals surface area contributed by atoms with Crippen molar-refractivity contribution in [1.82, 2.24) is 10.6 Å². The molecule has 2 amide bonds. The summed E-state index contributed by atoms with van der Waals surface area (Å²) in [7, 11) is 0. The predicted molar refractivity (Wildman–Crippen MR) is 106 cm³/mol. The number of aryl methyl sites for hydroxylation is 2. The van der Waals surface area contributed by atoms with Crippen LogP contribution in [0.5, 0.6) is 0 Å². The highest BCUT2D eigenvalue weighted by Crippen LogP contribution is 2.55. The average Bonchev–Trinajstić information content (AvgIpc) is 2.60. The Labute approximate surface area is 161 Å². The molecule has 146 valence electrons. The van der Waals surface area contributed by atoms with Gasteiger partial charge in [-0.1, -0.05) is 18.2 Å². The van der Waals surface area contributed by atoms with E-state index in [1.54, 1.807) is 0 Å². The molecule has 4 aliphatic rings. The Balaban J connectivity index is 1.24. The van der Waals surface area contributed by atoms with Crippen LogP contribution in [0.25, 0.3) is 0 Å². The lowest BCUT2D eigenvalue weighted by Gasteiger charge is -2.57. The third-order valence-electron chi connectivity index (χ3n) is 6.85. The van der Waals surface area contributed by atoms with Crippen LogP contribution in [0.3, 0.4) is 0 Å². The number of hydrogen-bond donors (Lipinski definition) is 3. The van der Waals surface area contributed by atoms with E-state index < -0.39 is 0 Å². The molecule has 5 heteroatoms. The molecule has 5 nitrogen and oxygen atoms in total. The first kappa shape index (κ1) is 18.5. The first-order valence-electron chi connectivity index (χ1n) is 10.3. The van der Waals surface area contributed by atoms with Gasteiger partial charge in [-0.05, 0) is 81.3 Å². The van der Waals surface area contributed by atoms with Crippen LogP contribution in [-0.4, -0.2) is 30.4 Å². The van der Waals surface area contributed by atoms with Gasteiger partial charge in [-0.2, -0.15) is 0 Å². The molecule has 0 aromatic heterocycles. The fraction of sp³-hybridized carbons (Fsp3) is 0.636. The molecule has 4 saturated carbocycles. The van der Waals surface area contributed by atoms with E-state index in [2.05, 4.69) is 16.0 Å². The zero-order valence-corrected chi connectivity index (χ0v) is 16.4. The van der Waals surface area contributed by atoms with Gasteiger partial charge in [-0.15, -0.1) is 0 Å². The summed E-state index contributed by atoms with van der Waals surface area (Å²) in [4.78, 5) is 24.5. The summed E-state index contributed by atoms with van der Waals surface area (Å²) in [6.45, 7) is 4.26. The maximum absolute atomic E-state index is 12.3. The van der Waals surface area contributed by atoms with Gasteiger partial charge in [0.05, 0.1) is 13.1 Å². The highest BCUT2D eigenvalue weighted by atomic mass is 16.2.